The van der Waals surface area contributed by atoms with Crippen molar-refractivity contribution in [1.29, 1.82) is 0 Å². The molecule has 0 radical (unpaired) electrons. The smallest absolute Gasteiger partial charge is 0.223 e. The van der Waals surface area contributed by atoms with Crippen molar-refractivity contribution in [2.75, 3.05) is 6.54 Å². The van der Waals surface area contributed by atoms with E-state index in [4.69, 9.17) is 0 Å². The fourth-order valence-electron chi connectivity index (χ4n) is 1.12. The summed E-state index contributed by atoms with van der Waals surface area (Å²) in [6.45, 7) is 5.05. The third-order valence-electron chi connectivity index (χ3n) is 2.16. The molecular weight excluding hydrogens is 138 g/mol. The Hall–Kier alpha value is -0.530. The molecule has 1 aliphatic rings. The second kappa shape index (κ2) is 3.74. The number of amides is 1. The molecule has 0 aromatic carbocycles. The van der Waals surface area contributed by atoms with Crippen molar-refractivity contribution in [1.82, 2.24) is 5.32 Å². The first-order chi connectivity index (χ1) is 5.20. The van der Waals surface area contributed by atoms with E-state index in [2.05, 4.69) is 19.2 Å². The van der Waals surface area contributed by atoms with E-state index < -0.39 is 0 Å². The molecule has 1 amide bonds. The summed E-state index contributed by atoms with van der Waals surface area (Å²) >= 11 is 0. The Morgan fingerprint density at radius 1 is 1.55 bits per heavy atom. The summed E-state index contributed by atoms with van der Waals surface area (Å²) in [6, 6.07) is 0. The van der Waals surface area contributed by atoms with Gasteiger partial charge in [-0.25, -0.2) is 0 Å². The van der Waals surface area contributed by atoms with E-state index in [0.717, 1.165) is 19.4 Å². The first-order valence-corrected chi connectivity index (χ1v) is 4.48. The van der Waals surface area contributed by atoms with Gasteiger partial charge in [0.15, 0.2) is 0 Å². The van der Waals surface area contributed by atoms with Crippen molar-refractivity contribution in [3.63, 3.8) is 0 Å². The van der Waals surface area contributed by atoms with Crippen LogP contribution in [0.2, 0.25) is 0 Å². The van der Waals surface area contributed by atoms with Gasteiger partial charge < -0.3 is 5.32 Å². The highest BCUT2D eigenvalue weighted by atomic mass is 16.1. The van der Waals surface area contributed by atoms with Crippen molar-refractivity contribution in [2.45, 2.75) is 33.1 Å². The average Bonchev–Trinajstić information content (AvgIpc) is 1.79. The Labute approximate surface area is 68.4 Å². The van der Waals surface area contributed by atoms with Crippen molar-refractivity contribution in [2.24, 2.45) is 11.8 Å². The third-order valence-corrected chi connectivity index (χ3v) is 2.16. The van der Waals surface area contributed by atoms with Crippen molar-refractivity contribution in [3.8, 4) is 0 Å². The number of carbonyl (C=O) groups excluding carboxylic acids is 1. The minimum absolute atomic E-state index is 0.268. The number of hydrogen-bond donors (Lipinski definition) is 1. The molecule has 0 aromatic heterocycles. The van der Waals surface area contributed by atoms with E-state index in [0.29, 0.717) is 11.8 Å². The van der Waals surface area contributed by atoms with E-state index >= 15 is 0 Å². The van der Waals surface area contributed by atoms with Gasteiger partial charge in [-0.3, -0.25) is 4.79 Å². The van der Waals surface area contributed by atoms with E-state index in [1.165, 1.54) is 6.42 Å². The molecule has 2 nitrogen and oxygen atoms in total. The summed E-state index contributed by atoms with van der Waals surface area (Å²) in [7, 11) is 0. The van der Waals surface area contributed by atoms with Gasteiger partial charge in [-0.05, 0) is 18.8 Å². The van der Waals surface area contributed by atoms with Crippen molar-refractivity contribution in [3.05, 3.63) is 0 Å². The standard InChI is InChI=1S/C9H17NO/c1-7(2)6-10-9(11)8-4-3-5-8/h7-8H,3-6H2,1-2H3,(H,10,11). The fraction of sp³-hybridized carbons (Fsp3) is 0.889. The maximum absolute atomic E-state index is 11.2. The summed E-state index contributed by atoms with van der Waals surface area (Å²) < 4.78 is 0. The van der Waals surface area contributed by atoms with Crippen molar-refractivity contribution < 1.29 is 4.79 Å². The molecule has 0 bridgehead atoms. The Balaban J connectivity index is 2.10. The topological polar surface area (TPSA) is 29.1 Å². The zero-order chi connectivity index (χ0) is 8.27. The fourth-order valence-corrected chi connectivity index (χ4v) is 1.12. The second-order valence-corrected chi connectivity index (χ2v) is 3.77. The van der Waals surface area contributed by atoms with E-state index in [9.17, 15) is 4.79 Å². The Morgan fingerprint density at radius 2 is 2.18 bits per heavy atom. The van der Waals surface area contributed by atoms with Gasteiger partial charge >= 0.3 is 0 Å². The third kappa shape index (κ3) is 2.52. The number of nitrogens with one attached hydrogen (secondary N) is 1. The Morgan fingerprint density at radius 3 is 2.55 bits per heavy atom. The zero-order valence-corrected chi connectivity index (χ0v) is 7.39. The van der Waals surface area contributed by atoms with Gasteiger partial charge in [-0.1, -0.05) is 20.3 Å². The maximum atomic E-state index is 11.2. The highest BCUT2D eigenvalue weighted by Gasteiger charge is 2.24. The van der Waals surface area contributed by atoms with E-state index in [1.54, 1.807) is 0 Å². The summed E-state index contributed by atoms with van der Waals surface area (Å²) in [4.78, 5) is 11.2. The van der Waals surface area contributed by atoms with Crippen LogP contribution in [0.4, 0.5) is 0 Å². The molecule has 0 aliphatic heterocycles. The number of rotatable bonds is 3. The first-order valence-electron chi connectivity index (χ1n) is 4.48. The second-order valence-electron chi connectivity index (χ2n) is 3.77. The summed E-state index contributed by atoms with van der Waals surface area (Å²) in [5, 5.41) is 2.95. The van der Waals surface area contributed by atoms with Crippen LogP contribution in [0.25, 0.3) is 0 Å². The van der Waals surface area contributed by atoms with Gasteiger partial charge in [-0.2, -0.15) is 0 Å². The SMILES string of the molecule is CC(C)CNC(=O)C1CCC1. The molecule has 64 valence electrons. The predicted octanol–water partition coefficient (Wildman–Crippen LogP) is 1.56. The van der Waals surface area contributed by atoms with Gasteiger partial charge in [0.05, 0.1) is 0 Å². The summed E-state index contributed by atoms with van der Waals surface area (Å²) in [5.41, 5.74) is 0. The molecule has 0 heterocycles. The summed E-state index contributed by atoms with van der Waals surface area (Å²) in [6.07, 6.45) is 3.44. The lowest BCUT2D eigenvalue weighted by molar-refractivity contribution is -0.127. The number of hydrogen-bond acceptors (Lipinski definition) is 1. The lowest BCUT2D eigenvalue weighted by atomic mass is 9.85. The van der Waals surface area contributed by atoms with Crippen LogP contribution in [0.1, 0.15) is 33.1 Å². The maximum Gasteiger partial charge on any atom is 0.223 e. The van der Waals surface area contributed by atoms with Crippen LogP contribution < -0.4 is 5.32 Å². The Kier molecular flexibility index (Phi) is 2.92. The molecule has 0 unspecified atom stereocenters. The van der Waals surface area contributed by atoms with Crippen LogP contribution in [-0.2, 0) is 4.79 Å². The quantitative estimate of drug-likeness (QED) is 0.658. The molecular formula is C9H17NO. The highest BCUT2D eigenvalue weighted by Crippen LogP contribution is 2.26. The van der Waals surface area contributed by atoms with Gasteiger partial charge in [0.25, 0.3) is 0 Å². The van der Waals surface area contributed by atoms with E-state index in [1.807, 2.05) is 0 Å². The zero-order valence-electron chi connectivity index (χ0n) is 7.39. The minimum atomic E-state index is 0.268. The molecule has 1 fully saturated rings. The summed E-state index contributed by atoms with van der Waals surface area (Å²) in [5.74, 6) is 1.18. The molecule has 1 saturated carbocycles. The lowest BCUT2D eigenvalue weighted by Crippen LogP contribution is -2.36. The molecule has 2 heteroatoms. The molecule has 1 N–H and O–H groups in total. The highest BCUT2D eigenvalue weighted by molar-refractivity contribution is 5.79. The lowest BCUT2D eigenvalue weighted by Gasteiger charge is -2.24. The minimum Gasteiger partial charge on any atom is -0.356 e. The van der Waals surface area contributed by atoms with Gasteiger partial charge in [0.1, 0.15) is 0 Å². The molecule has 11 heavy (non-hydrogen) atoms. The predicted molar refractivity (Wildman–Crippen MR) is 45.2 cm³/mol. The van der Waals surface area contributed by atoms with Crippen LogP contribution in [-0.4, -0.2) is 12.5 Å². The van der Waals surface area contributed by atoms with Gasteiger partial charge in [-0.15, -0.1) is 0 Å². The van der Waals surface area contributed by atoms with Crippen LogP contribution in [0, 0.1) is 11.8 Å². The van der Waals surface area contributed by atoms with Crippen molar-refractivity contribution >= 4 is 5.91 Å². The monoisotopic (exact) mass is 155 g/mol. The van der Waals surface area contributed by atoms with Crippen LogP contribution in [0.3, 0.4) is 0 Å². The molecule has 1 rings (SSSR count). The van der Waals surface area contributed by atoms with Gasteiger partial charge in [0.2, 0.25) is 5.91 Å². The average molecular weight is 155 g/mol. The molecule has 1 aliphatic carbocycles. The normalized spacial score (nSPS) is 18.1. The first kappa shape index (κ1) is 8.57. The molecule has 0 saturated heterocycles. The molecule has 0 aromatic rings. The van der Waals surface area contributed by atoms with Crippen LogP contribution >= 0.6 is 0 Å². The Bertz CT molecular complexity index is 138. The molecule has 0 spiro atoms. The largest absolute Gasteiger partial charge is 0.356 e. The number of carbonyl (C=O) groups is 1. The van der Waals surface area contributed by atoms with Crippen LogP contribution in [0.15, 0.2) is 0 Å². The van der Waals surface area contributed by atoms with Gasteiger partial charge in [0, 0.05) is 12.5 Å². The van der Waals surface area contributed by atoms with E-state index in [-0.39, 0.29) is 5.91 Å². The molecule has 0 atom stereocenters. The van der Waals surface area contributed by atoms with Crippen LogP contribution in [0.5, 0.6) is 0 Å².